The lowest BCUT2D eigenvalue weighted by Crippen LogP contribution is -2.41. The molecule has 1 amide bonds. The summed E-state index contributed by atoms with van der Waals surface area (Å²) in [7, 11) is -2.29. The lowest BCUT2D eigenvalue weighted by atomic mass is 10.2. The molecule has 0 N–H and O–H groups in total. The summed E-state index contributed by atoms with van der Waals surface area (Å²) < 4.78 is 28.8. The van der Waals surface area contributed by atoms with Crippen LogP contribution < -0.4 is 4.31 Å². The van der Waals surface area contributed by atoms with Gasteiger partial charge < -0.3 is 4.90 Å². The van der Waals surface area contributed by atoms with Crippen LogP contribution in [0.5, 0.6) is 0 Å². The van der Waals surface area contributed by atoms with Crippen LogP contribution in [0.3, 0.4) is 0 Å². The summed E-state index contributed by atoms with van der Waals surface area (Å²) in [5, 5.41) is 0.614. The first-order valence-electron chi connectivity index (χ1n) is 9.50. The van der Waals surface area contributed by atoms with E-state index in [0.29, 0.717) is 17.3 Å². The molecular weight excluding hydrogens is 500 g/mol. The van der Waals surface area contributed by atoms with E-state index in [0.717, 1.165) is 19.9 Å². The lowest BCUT2D eigenvalue weighted by Gasteiger charge is -2.27. The minimum atomic E-state index is -3.94. The van der Waals surface area contributed by atoms with Crippen LogP contribution in [-0.4, -0.2) is 32.8 Å². The van der Waals surface area contributed by atoms with Gasteiger partial charge in [-0.2, -0.15) is 0 Å². The molecule has 0 fully saturated rings. The number of hydrogen-bond acceptors (Lipinski definition) is 3. The highest BCUT2D eigenvalue weighted by Crippen LogP contribution is 2.26. The van der Waals surface area contributed by atoms with Crippen molar-refractivity contribution in [2.45, 2.75) is 18.4 Å². The topological polar surface area (TPSA) is 57.7 Å². The second kappa shape index (κ2) is 9.85. The van der Waals surface area contributed by atoms with Crippen molar-refractivity contribution in [1.82, 2.24) is 4.90 Å². The van der Waals surface area contributed by atoms with Crippen LogP contribution in [0.25, 0.3) is 0 Å². The summed E-state index contributed by atoms with van der Waals surface area (Å²) in [6.45, 7) is 1.91. The first-order chi connectivity index (χ1) is 14.7. The summed E-state index contributed by atoms with van der Waals surface area (Å²) in [5.74, 6) is -0.325. The Hall–Kier alpha value is -2.35. The molecular formula is C23H22BrClN2O3S. The van der Waals surface area contributed by atoms with Crippen LogP contribution >= 0.6 is 27.5 Å². The maximum Gasteiger partial charge on any atom is 0.264 e. The van der Waals surface area contributed by atoms with Crippen LogP contribution in [-0.2, 0) is 21.4 Å². The quantitative estimate of drug-likeness (QED) is 0.426. The van der Waals surface area contributed by atoms with Gasteiger partial charge in [-0.25, -0.2) is 8.42 Å². The molecule has 0 spiro atoms. The van der Waals surface area contributed by atoms with E-state index >= 15 is 0 Å². The number of amides is 1. The largest absolute Gasteiger partial charge is 0.340 e. The SMILES string of the molecule is Cc1ccc(S(=O)(=O)N(CC(=O)N(C)Cc2ccc(Cl)cc2)c2ccc(Br)cc2)cc1. The van der Waals surface area contributed by atoms with Crippen molar-refractivity contribution < 1.29 is 13.2 Å². The van der Waals surface area contributed by atoms with Gasteiger partial charge in [0.15, 0.2) is 0 Å². The maximum atomic E-state index is 13.4. The molecule has 3 rings (SSSR count). The molecule has 0 unspecified atom stereocenters. The third-order valence-corrected chi connectivity index (χ3v) is 7.33. The summed E-state index contributed by atoms with van der Waals surface area (Å²) >= 11 is 9.28. The zero-order valence-electron chi connectivity index (χ0n) is 17.1. The molecule has 5 nitrogen and oxygen atoms in total. The smallest absolute Gasteiger partial charge is 0.264 e. The van der Waals surface area contributed by atoms with Gasteiger partial charge in [-0.3, -0.25) is 9.10 Å². The number of aryl methyl sites for hydroxylation is 1. The van der Waals surface area contributed by atoms with Crippen molar-refractivity contribution in [3.05, 3.63) is 93.4 Å². The van der Waals surface area contributed by atoms with Gasteiger partial charge in [0.1, 0.15) is 6.54 Å². The monoisotopic (exact) mass is 520 g/mol. The molecule has 0 aliphatic rings. The van der Waals surface area contributed by atoms with E-state index < -0.39 is 10.0 Å². The number of rotatable bonds is 7. The van der Waals surface area contributed by atoms with Crippen LogP contribution in [0.2, 0.25) is 5.02 Å². The predicted octanol–water partition coefficient (Wildman–Crippen LogP) is 5.26. The molecule has 0 atom stereocenters. The van der Waals surface area contributed by atoms with Crippen molar-refractivity contribution in [2.75, 3.05) is 17.9 Å². The van der Waals surface area contributed by atoms with Gasteiger partial charge in [0.05, 0.1) is 10.6 Å². The van der Waals surface area contributed by atoms with Gasteiger partial charge in [0.2, 0.25) is 5.91 Å². The first kappa shape index (κ1) is 23.3. The van der Waals surface area contributed by atoms with E-state index in [4.69, 9.17) is 11.6 Å². The predicted molar refractivity (Wildman–Crippen MR) is 128 cm³/mol. The van der Waals surface area contributed by atoms with Gasteiger partial charge in [-0.1, -0.05) is 57.4 Å². The number of halogens is 2. The highest BCUT2D eigenvalue weighted by molar-refractivity contribution is 9.10. The fraction of sp³-hybridized carbons (Fsp3) is 0.174. The Labute approximate surface area is 196 Å². The molecule has 0 aliphatic heterocycles. The van der Waals surface area contributed by atoms with Crippen LogP contribution in [0.4, 0.5) is 5.69 Å². The second-order valence-electron chi connectivity index (χ2n) is 7.18. The molecule has 0 radical (unpaired) electrons. The lowest BCUT2D eigenvalue weighted by molar-refractivity contribution is -0.128. The number of anilines is 1. The Kier molecular flexibility index (Phi) is 7.41. The third-order valence-electron chi connectivity index (χ3n) is 4.76. The fourth-order valence-electron chi connectivity index (χ4n) is 2.96. The van der Waals surface area contributed by atoms with Crippen molar-refractivity contribution >= 4 is 49.1 Å². The number of nitrogens with zero attached hydrogens (tertiary/aromatic N) is 2. The summed E-state index contributed by atoms with van der Waals surface area (Å²) in [6.07, 6.45) is 0. The molecule has 3 aromatic carbocycles. The van der Waals surface area contributed by atoms with Gasteiger partial charge in [0, 0.05) is 23.1 Å². The number of carbonyl (C=O) groups excluding carboxylic acids is 1. The molecule has 8 heteroatoms. The first-order valence-corrected chi connectivity index (χ1v) is 12.1. The zero-order chi connectivity index (χ0) is 22.6. The zero-order valence-corrected chi connectivity index (χ0v) is 20.3. The van der Waals surface area contributed by atoms with Crippen molar-refractivity contribution in [3.8, 4) is 0 Å². The highest BCUT2D eigenvalue weighted by atomic mass is 79.9. The van der Waals surface area contributed by atoms with E-state index in [-0.39, 0.29) is 17.3 Å². The average molecular weight is 522 g/mol. The van der Waals surface area contributed by atoms with E-state index in [9.17, 15) is 13.2 Å². The fourth-order valence-corrected chi connectivity index (χ4v) is 4.76. The third kappa shape index (κ3) is 5.87. The van der Waals surface area contributed by atoms with Gasteiger partial charge in [-0.05, 0) is 61.0 Å². The van der Waals surface area contributed by atoms with E-state index in [2.05, 4.69) is 15.9 Å². The molecule has 0 bridgehead atoms. The molecule has 0 heterocycles. The standard InChI is InChI=1S/C23H22BrClN2O3S/c1-17-3-13-22(14-4-17)31(29,30)27(21-11-7-19(24)8-12-21)16-23(28)26(2)15-18-5-9-20(25)10-6-18/h3-14H,15-16H2,1-2H3. The van der Waals surface area contributed by atoms with Crippen molar-refractivity contribution in [1.29, 1.82) is 0 Å². The van der Waals surface area contributed by atoms with Gasteiger partial charge >= 0.3 is 0 Å². The second-order valence-corrected chi connectivity index (χ2v) is 10.4. The number of benzene rings is 3. The summed E-state index contributed by atoms with van der Waals surface area (Å²) in [4.78, 5) is 14.6. The minimum absolute atomic E-state index is 0.133. The van der Waals surface area contributed by atoms with Gasteiger partial charge in [0.25, 0.3) is 10.0 Å². The van der Waals surface area contributed by atoms with Gasteiger partial charge in [-0.15, -0.1) is 0 Å². The molecule has 3 aromatic rings. The Morgan fingerprint density at radius 1 is 0.935 bits per heavy atom. The minimum Gasteiger partial charge on any atom is -0.340 e. The van der Waals surface area contributed by atoms with Crippen LogP contribution in [0.15, 0.2) is 82.2 Å². The van der Waals surface area contributed by atoms with E-state index in [1.165, 1.54) is 4.90 Å². The number of carbonyl (C=O) groups is 1. The average Bonchev–Trinajstić information content (AvgIpc) is 2.74. The normalized spacial score (nSPS) is 11.2. The Morgan fingerprint density at radius 3 is 2.10 bits per heavy atom. The molecule has 162 valence electrons. The Balaban J connectivity index is 1.89. The van der Waals surface area contributed by atoms with Crippen molar-refractivity contribution in [2.24, 2.45) is 0 Å². The Bertz CT molecular complexity index is 1150. The number of likely N-dealkylation sites (N-methyl/N-ethyl adjacent to an activating group) is 1. The number of hydrogen-bond donors (Lipinski definition) is 0. The molecule has 31 heavy (non-hydrogen) atoms. The molecule has 0 aromatic heterocycles. The number of sulfonamides is 1. The highest BCUT2D eigenvalue weighted by Gasteiger charge is 2.28. The van der Waals surface area contributed by atoms with Crippen LogP contribution in [0.1, 0.15) is 11.1 Å². The van der Waals surface area contributed by atoms with E-state index in [1.54, 1.807) is 67.7 Å². The molecule has 0 aliphatic carbocycles. The summed E-state index contributed by atoms with van der Waals surface area (Å²) in [5.41, 5.74) is 2.27. The molecule has 0 saturated heterocycles. The van der Waals surface area contributed by atoms with E-state index in [1.807, 2.05) is 19.1 Å². The Morgan fingerprint density at radius 2 is 1.52 bits per heavy atom. The van der Waals surface area contributed by atoms with Crippen molar-refractivity contribution in [3.63, 3.8) is 0 Å². The maximum absolute atomic E-state index is 13.4. The summed E-state index contributed by atoms with van der Waals surface area (Å²) in [6, 6.07) is 20.6. The van der Waals surface area contributed by atoms with Crippen LogP contribution in [0, 0.1) is 6.92 Å². The molecule has 0 saturated carbocycles.